The van der Waals surface area contributed by atoms with Gasteiger partial charge in [-0.3, -0.25) is 14.7 Å². The van der Waals surface area contributed by atoms with Crippen LogP contribution in [0, 0.1) is 13.8 Å². The number of nitrogens with one attached hydrogen (secondary N) is 1. The summed E-state index contributed by atoms with van der Waals surface area (Å²) in [6, 6.07) is 5.67. The summed E-state index contributed by atoms with van der Waals surface area (Å²) < 4.78 is 13.9. The lowest BCUT2D eigenvalue weighted by atomic mass is 9.88. The van der Waals surface area contributed by atoms with E-state index in [-0.39, 0.29) is 5.91 Å². The second kappa shape index (κ2) is 8.48. The highest BCUT2D eigenvalue weighted by Gasteiger charge is 2.47. The third-order valence-corrected chi connectivity index (χ3v) is 6.54. The number of ether oxygens (including phenoxy) is 1. The van der Waals surface area contributed by atoms with Gasteiger partial charge in [0.2, 0.25) is 0 Å². The smallest absolute Gasteiger partial charge is 0.251 e. The van der Waals surface area contributed by atoms with E-state index in [4.69, 9.17) is 9.26 Å². The third-order valence-electron chi connectivity index (χ3n) is 6.54. The molecular formula is C23H28N6O3. The largest absolute Gasteiger partial charge is 0.361 e. The summed E-state index contributed by atoms with van der Waals surface area (Å²) in [6.45, 7) is 7.28. The molecule has 3 aromatic heterocycles. The molecule has 0 aliphatic carbocycles. The number of carbonyl (C=O) groups is 1. The topological polar surface area (TPSA) is 98.3 Å². The predicted molar refractivity (Wildman–Crippen MR) is 115 cm³/mol. The van der Waals surface area contributed by atoms with Crippen LogP contribution >= 0.6 is 0 Å². The van der Waals surface area contributed by atoms with Crippen LogP contribution in [0.3, 0.4) is 0 Å². The van der Waals surface area contributed by atoms with Crippen LogP contribution in [0.4, 0.5) is 0 Å². The Morgan fingerprint density at radius 1 is 1.22 bits per heavy atom. The van der Waals surface area contributed by atoms with Crippen molar-refractivity contribution in [2.45, 2.75) is 58.0 Å². The molecule has 9 nitrogen and oxygen atoms in total. The third kappa shape index (κ3) is 3.93. The zero-order valence-electron chi connectivity index (χ0n) is 18.5. The minimum absolute atomic E-state index is 0.118. The molecule has 0 saturated carbocycles. The Bertz CT molecular complexity index is 1060. The minimum Gasteiger partial charge on any atom is -0.361 e. The Labute approximate surface area is 186 Å². The molecule has 1 spiro atoms. The molecule has 2 aliphatic heterocycles. The van der Waals surface area contributed by atoms with Crippen molar-refractivity contribution < 1.29 is 14.1 Å². The molecule has 1 unspecified atom stereocenters. The van der Waals surface area contributed by atoms with Crippen LogP contribution in [-0.4, -0.2) is 49.7 Å². The van der Waals surface area contributed by atoms with Crippen LogP contribution in [0.5, 0.6) is 0 Å². The van der Waals surface area contributed by atoms with Gasteiger partial charge >= 0.3 is 0 Å². The highest BCUT2D eigenvalue weighted by Crippen LogP contribution is 2.40. The number of aryl methyl sites for hydroxylation is 2. The Morgan fingerprint density at radius 2 is 2.06 bits per heavy atom. The van der Waals surface area contributed by atoms with E-state index in [1.165, 1.54) is 0 Å². The lowest BCUT2D eigenvalue weighted by Gasteiger charge is -2.45. The van der Waals surface area contributed by atoms with Crippen LogP contribution in [0.25, 0.3) is 0 Å². The van der Waals surface area contributed by atoms with Gasteiger partial charge in [-0.25, -0.2) is 4.98 Å². The molecule has 2 aliphatic rings. The number of aromatic nitrogens is 4. The van der Waals surface area contributed by atoms with Gasteiger partial charge in [0.25, 0.3) is 5.91 Å². The standard InChI is InChI=1S/C23H28N6O3/c1-16-19(17(2)32-27-16)14-28-10-6-23(7-11-28)22-25-9-12-29(22)15-20(31-23)21(30)26-13-18-5-3-4-8-24-18/h3-5,8-9,12,20H,6-7,10-11,13-15H2,1-2H3,(H,26,30). The number of hydrogen-bond acceptors (Lipinski definition) is 7. The van der Waals surface area contributed by atoms with E-state index >= 15 is 0 Å². The zero-order chi connectivity index (χ0) is 22.1. The number of rotatable bonds is 5. The van der Waals surface area contributed by atoms with Gasteiger partial charge in [-0.05, 0) is 38.8 Å². The van der Waals surface area contributed by atoms with Gasteiger partial charge in [0.15, 0.2) is 6.10 Å². The van der Waals surface area contributed by atoms with E-state index in [0.29, 0.717) is 13.1 Å². The first-order valence-corrected chi connectivity index (χ1v) is 11.1. The van der Waals surface area contributed by atoms with Crippen molar-refractivity contribution in [3.05, 3.63) is 65.3 Å². The van der Waals surface area contributed by atoms with Gasteiger partial charge in [0, 0.05) is 43.8 Å². The summed E-state index contributed by atoms with van der Waals surface area (Å²) in [6.07, 6.45) is 6.45. The maximum atomic E-state index is 13.0. The molecule has 1 N–H and O–H groups in total. The van der Waals surface area contributed by atoms with E-state index in [0.717, 1.165) is 61.0 Å². The summed E-state index contributed by atoms with van der Waals surface area (Å²) in [5, 5.41) is 7.04. The van der Waals surface area contributed by atoms with Crippen molar-refractivity contribution in [1.29, 1.82) is 0 Å². The molecule has 5 rings (SSSR count). The molecule has 5 heterocycles. The lowest BCUT2D eigenvalue weighted by molar-refractivity contribution is -0.174. The van der Waals surface area contributed by atoms with Crippen molar-refractivity contribution >= 4 is 5.91 Å². The van der Waals surface area contributed by atoms with Crippen LogP contribution in [0.2, 0.25) is 0 Å². The van der Waals surface area contributed by atoms with Crippen molar-refractivity contribution in [3.8, 4) is 0 Å². The molecule has 0 bridgehead atoms. The average Bonchev–Trinajstić information content (AvgIpc) is 3.42. The summed E-state index contributed by atoms with van der Waals surface area (Å²) in [5.74, 6) is 1.67. The molecular weight excluding hydrogens is 408 g/mol. The van der Waals surface area contributed by atoms with Gasteiger partial charge in [-0.2, -0.15) is 0 Å². The maximum absolute atomic E-state index is 13.0. The first-order chi connectivity index (χ1) is 15.5. The molecule has 3 aromatic rings. The molecule has 9 heteroatoms. The van der Waals surface area contributed by atoms with Gasteiger partial charge in [-0.1, -0.05) is 11.2 Å². The SMILES string of the molecule is Cc1noc(C)c1CN1CCC2(CC1)OC(C(=O)NCc1ccccn1)Cn1ccnc12. The molecule has 1 amide bonds. The minimum atomic E-state index is -0.561. The van der Waals surface area contributed by atoms with Crippen LogP contribution in [0.1, 0.15) is 41.4 Å². The summed E-state index contributed by atoms with van der Waals surface area (Å²) in [4.78, 5) is 24.2. The van der Waals surface area contributed by atoms with E-state index < -0.39 is 11.7 Å². The first kappa shape index (κ1) is 20.8. The Balaban J connectivity index is 1.27. The van der Waals surface area contributed by atoms with E-state index in [9.17, 15) is 4.79 Å². The number of carbonyl (C=O) groups excluding carboxylic acids is 1. The fraction of sp³-hybridized carbons (Fsp3) is 0.478. The Morgan fingerprint density at radius 3 is 2.78 bits per heavy atom. The number of nitrogens with zero attached hydrogens (tertiary/aromatic N) is 5. The van der Waals surface area contributed by atoms with E-state index in [1.807, 2.05) is 38.2 Å². The Hall–Kier alpha value is -3.04. The number of hydrogen-bond donors (Lipinski definition) is 1. The van der Waals surface area contributed by atoms with Gasteiger partial charge in [0.05, 0.1) is 24.5 Å². The fourth-order valence-corrected chi connectivity index (χ4v) is 4.69. The number of imidazole rings is 1. The molecule has 1 saturated heterocycles. The van der Waals surface area contributed by atoms with Gasteiger partial charge in [0.1, 0.15) is 17.2 Å². The number of fused-ring (bicyclic) bond motifs is 2. The van der Waals surface area contributed by atoms with Crippen molar-refractivity contribution in [2.24, 2.45) is 0 Å². The van der Waals surface area contributed by atoms with Crippen molar-refractivity contribution in [3.63, 3.8) is 0 Å². The first-order valence-electron chi connectivity index (χ1n) is 11.1. The second-order valence-corrected chi connectivity index (χ2v) is 8.62. The number of pyridine rings is 1. The highest BCUT2D eigenvalue weighted by atomic mass is 16.5. The summed E-state index contributed by atoms with van der Waals surface area (Å²) in [7, 11) is 0. The van der Waals surface area contributed by atoms with Gasteiger partial charge in [-0.15, -0.1) is 0 Å². The zero-order valence-corrected chi connectivity index (χ0v) is 18.5. The van der Waals surface area contributed by atoms with Crippen LogP contribution in [-0.2, 0) is 34.8 Å². The van der Waals surface area contributed by atoms with Crippen molar-refractivity contribution in [2.75, 3.05) is 13.1 Å². The number of piperidine rings is 1. The van der Waals surface area contributed by atoms with Gasteiger partial charge < -0.3 is 19.1 Å². The normalized spacial score (nSPS) is 20.2. The van der Waals surface area contributed by atoms with E-state index in [1.54, 1.807) is 12.4 Å². The molecule has 1 atom stereocenters. The molecule has 0 aromatic carbocycles. The van der Waals surface area contributed by atoms with Crippen molar-refractivity contribution in [1.82, 2.24) is 29.9 Å². The molecule has 0 radical (unpaired) electrons. The average molecular weight is 437 g/mol. The second-order valence-electron chi connectivity index (χ2n) is 8.62. The summed E-state index contributed by atoms with van der Waals surface area (Å²) >= 11 is 0. The monoisotopic (exact) mass is 436 g/mol. The quantitative estimate of drug-likeness (QED) is 0.654. The Kier molecular flexibility index (Phi) is 5.52. The number of likely N-dealkylation sites (tertiary alicyclic amines) is 1. The maximum Gasteiger partial charge on any atom is 0.251 e. The highest BCUT2D eigenvalue weighted by molar-refractivity contribution is 5.80. The molecule has 1 fully saturated rings. The van der Waals surface area contributed by atoms with Crippen LogP contribution in [0.15, 0.2) is 41.3 Å². The molecule has 168 valence electrons. The fourth-order valence-electron chi connectivity index (χ4n) is 4.69. The lowest BCUT2D eigenvalue weighted by Crippen LogP contribution is -2.53. The van der Waals surface area contributed by atoms with Crippen LogP contribution < -0.4 is 5.32 Å². The molecule has 32 heavy (non-hydrogen) atoms. The summed E-state index contributed by atoms with van der Waals surface area (Å²) in [5.41, 5.74) is 2.36. The van der Waals surface area contributed by atoms with E-state index in [2.05, 4.69) is 29.9 Å². The number of amides is 1. The predicted octanol–water partition coefficient (Wildman–Crippen LogP) is 2.09.